The van der Waals surface area contributed by atoms with Gasteiger partial charge in [0.2, 0.25) is 5.91 Å². The van der Waals surface area contributed by atoms with Gasteiger partial charge in [-0.3, -0.25) is 4.79 Å². The molecule has 1 N–H and O–H groups in total. The zero-order valence-electron chi connectivity index (χ0n) is 19.1. The van der Waals surface area contributed by atoms with Crippen LogP contribution in [0.3, 0.4) is 0 Å². The third-order valence-corrected chi connectivity index (χ3v) is 6.75. The molecule has 0 atom stereocenters. The molecule has 1 fully saturated rings. The van der Waals surface area contributed by atoms with Crippen LogP contribution < -0.4 is 14.2 Å². The molecule has 2 aromatic rings. The van der Waals surface area contributed by atoms with E-state index in [9.17, 15) is 13.2 Å². The molecule has 8 nitrogen and oxygen atoms in total. The molecular formula is C25H30N2O6S. The van der Waals surface area contributed by atoms with Gasteiger partial charge in [-0.25, -0.2) is 4.28 Å². The van der Waals surface area contributed by atoms with Gasteiger partial charge in [0.05, 0.1) is 6.61 Å². The molecule has 0 unspecified atom stereocenters. The van der Waals surface area contributed by atoms with E-state index in [2.05, 4.69) is 14.8 Å². The minimum Gasteiger partial charge on any atom is -0.494 e. The van der Waals surface area contributed by atoms with Crippen molar-refractivity contribution in [2.45, 2.75) is 63.7 Å². The summed E-state index contributed by atoms with van der Waals surface area (Å²) in [7, 11) is -4.28. The number of ether oxygens (including phenoxy) is 1. The molecule has 0 radical (unpaired) electrons. The molecule has 0 bridgehead atoms. The second-order valence-corrected chi connectivity index (χ2v) is 9.75. The predicted octanol–water partition coefficient (Wildman–Crippen LogP) is 5.10. The first-order chi connectivity index (χ1) is 16.5. The molecule has 4 rings (SSSR count). The van der Waals surface area contributed by atoms with Crippen molar-refractivity contribution in [1.29, 1.82) is 0 Å². The molecular weight excluding hydrogens is 456 g/mol. The molecule has 1 heterocycles. The van der Waals surface area contributed by atoms with Crippen LogP contribution in [-0.2, 0) is 25.9 Å². The van der Waals surface area contributed by atoms with Gasteiger partial charge in [-0.2, -0.15) is 0 Å². The number of anilines is 1. The smallest absolute Gasteiger partial charge is 0.494 e. The number of aryl methyl sites for hydroxylation is 1. The summed E-state index contributed by atoms with van der Waals surface area (Å²) < 4.78 is 39.2. The third-order valence-electron chi connectivity index (χ3n) is 6.08. The van der Waals surface area contributed by atoms with Gasteiger partial charge in [-0.15, -0.1) is 8.42 Å². The van der Waals surface area contributed by atoms with Crippen LogP contribution in [0.5, 0.6) is 11.5 Å². The van der Waals surface area contributed by atoms with Crippen LogP contribution in [0.4, 0.5) is 5.69 Å². The van der Waals surface area contributed by atoms with E-state index in [1.54, 1.807) is 12.1 Å². The second kappa shape index (κ2) is 11.4. The van der Waals surface area contributed by atoms with Crippen molar-refractivity contribution < 1.29 is 26.4 Å². The van der Waals surface area contributed by atoms with E-state index in [1.165, 1.54) is 43.9 Å². The monoisotopic (exact) mass is 486 g/mol. The minimum atomic E-state index is -4.28. The Bertz CT molecular complexity index is 1110. The number of benzene rings is 2. The number of amides is 1. The number of unbranched alkanes of at least 4 members (excludes halogenated alkanes) is 1. The van der Waals surface area contributed by atoms with Crippen LogP contribution in [0, 0.1) is 0 Å². The van der Waals surface area contributed by atoms with Crippen LogP contribution >= 0.6 is 0 Å². The number of fused-ring (bicyclic) bond motifs is 1. The van der Waals surface area contributed by atoms with E-state index >= 15 is 0 Å². The van der Waals surface area contributed by atoms with Crippen molar-refractivity contribution in [3.8, 4) is 11.5 Å². The lowest BCUT2D eigenvalue weighted by Gasteiger charge is -2.21. The van der Waals surface area contributed by atoms with Crippen LogP contribution in [-0.4, -0.2) is 27.1 Å². The highest BCUT2D eigenvalue weighted by Crippen LogP contribution is 2.33. The number of carbonyl (C=O) groups is 1. The van der Waals surface area contributed by atoms with Gasteiger partial charge in [0.25, 0.3) is 0 Å². The zero-order valence-corrected chi connectivity index (χ0v) is 19.9. The number of hydrogen-bond acceptors (Lipinski definition) is 7. The average molecular weight is 487 g/mol. The predicted molar refractivity (Wildman–Crippen MR) is 130 cm³/mol. The van der Waals surface area contributed by atoms with E-state index in [1.807, 2.05) is 30.3 Å². The number of hydrogen-bond donors (Lipinski definition) is 1. The highest BCUT2D eigenvalue weighted by atomic mass is 32.3. The van der Waals surface area contributed by atoms with Gasteiger partial charge in [-0.1, -0.05) is 36.6 Å². The maximum atomic E-state index is 12.0. The Kier molecular flexibility index (Phi) is 8.05. The molecule has 9 heteroatoms. The second-order valence-electron chi connectivity index (χ2n) is 8.62. The first kappa shape index (κ1) is 24.1. The van der Waals surface area contributed by atoms with Crippen molar-refractivity contribution in [3.63, 3.8) is 0 Å². The Morgan fingerprint density at radius 3 is 2.56 bits per heavy atom. The number of nitrogens with zero attached hydrogens (tertiary/aromatic N) is 1. The molecule has 1 amide bonds. The molecule has 182 valence electrons. The summed E-state index contributed by atoms with van der Waals surface area (Å²) in [5.41, 5.74) is 3.10. The van der Waals surface area contributed by atoms with Gasteiger partial charge in [0.15, 0.2) is 0 Å². The molecule has 0 aromatic heterocycles. The van der Waals surface area contributed by atoms with Gasteiger partial charge in [-0.05, 0) is 79.5 Å². The first-order valence-electron chi connectivity index (χ1n) is 11.8. The van der Waals surface area contributed by atoms with Crippen molar-refractivity contribution in [1.82, 2.24) is 0 Å². The zero-order chi connectivity index (χ0) is 23.8. The Morgan fingerprint density at radius 2 is 1.76 bits per heavy atom. The maximum absolute atomic E-state index is 12.0. The Balaban J connectivity index is 1.15. The first-order valence-corrected chi connectivity index (χ1v) is 13.1. The van der Waals surface area contributed by atoms with Crippen LogP contribution in [0.1, 0.15) is 68.4 Å². The Morgan fingerprint density at radius 1 is 1.00 bits per heavy atom. The maximum Gasteiger partial charge on any atom is 0.521 e. The lowest BCUT2D eigenvalue weighted by molar-refractivity contribution is -0.116. The fraction of sp³-hybridized carbons (Fsp3) is 0.440. The Labute approximate surface area is 200 Å². The SMILES string of the molecule is O=C1CCc2cc(OCCCC=NOS(=O)(=O)Oc3ccc(C4CCCCC4)cc3)ccc2N1. The highest BCUT2D eigenvalue weighted by Gasteiger charge is 2.18. The van der Waals surface area contributed by atoms with Crippen LogP contribution in [0.2, 0.25) is 0 Å². The fourth-order valence-corrected chi connectivity index (χ4v) is 4.86. The Hall–Kier alpha value is -3.07. The molecule has 0 spiro atoms. The summed E-state index contributed by atoms with van der Waals surface area (Å²) in [6.45, 7) is 0.438. The number of rotatable bonds is 10. The normalized spacial score (nSPS) is 16.6. The van der Waals surface area contributed by atoms with Crippen molar-refractivity contribution in [2.24, 2.45) is 5.16 Å². The molecule has 1 aliphatic heterocycles. The topological polar surface area (TPSA) is 103 Å². The summed E-state index contributed by atoms with van der Waals surface area (Å²) in [6, 6.07) is 12.7. The summed E-state index contributed by atoms with van der Waals surface area (Å²) >= 11 is 0. The third kappa shape index (κ3) is 6.96. The lowest BCUT2D eigenvalue weighted by Crippen LogP contribution is -2.18. The molecule has 0 saturated heterocycles. The number of oxime groups is 1. The fourth-order valence-electron chi connectivity index (χ4n) is 4.31. The highest BCUT2D eigenvalue weighted by molar-refractivity contribution is 7.82. The largest absolute Gasteiger partial charge is 0.521 e. The van der Waals surface area contributed by atoms with E-state index in [0.717, 1.165) is 17.0 Å². The van der Waals surface area contributed by atoms with E-state index in [4.69, 9.17) is 8.92 Å². The molecule has 1 aliphatic carbocycles. The summed E-state index contributed by atoms with van der Waals surface area (Å²) in [6.07, 6.45) is 9.78. The number of carbonyl (C=O) groups excluding carboxylic acids is 1. The van der Waals surface area contributed by atoms with Gasteiger partial charge in [0, 0.05) is 18.3 Å². The summed E-state index contributed by atoms with van der Waals surface area (Å²) in [5, 5.41) is 6.34. The molecule has 34 heavy (non-hydrogen) atoms. The van der Waals surface area contributed by atoms with Crippen LogP contribution in [0.25, 0.3) is 0 Å². The molecule has 2 aromatic carbocycles. The van der Waals surface area contributed by atoms with Crippen molar-refractivity contribution >= 4 is 28.2 Å². The number of nitrogens with one attached hydrogen (secondary N) is 1. The molecule has 1 saturated carbocycles. The minimum absolute atomic E-state index is 0.0302. The quantitative estimate of drug-likeness (QED) is 0.285. The van der Waals surface area contributed by atoms with E-state index in [0.29, 0.717) is 38.2 Å². The van der Waals surface area contributed by atoms with Crippen molar-refractivity contribution in [3.05, 3.63) is 53.6 Å². The van der Waals surface area contributed by atoms with Crippen LogP contribution in [0.15, 0.2) is 47.6 Å². The van der Waals surface area contributed by atoms with E-state index < -0.39 is 10.4 Å². The standard InChI is InChI=1S/C25H30N2O6S/c28-25-15-10-21-18-23(13-14-24(21)27-25)31-17-5-4-16-26-33-34(29,30)32-22-11-8-20(9-12-22)19-6-2-1-3-7-19/h8-9,11-14,16,18-19H,1-7,10,15,17H2,(H,27,28). The lowest BCUT2D eigenvalue weighted by atomic mass is 9.84. The van der Waals surface area contributed by atoms with Gasteiger partial charge in [0.1, 0.15) is 11.5 Å². The average Bonchev–Trinajstić information content (AvgIpc) is 2.84. The molecule has 2 aliphatic rings. The summed E-state index contributed by atoms with van der Waals surface area (Å²) in [4.78, 5) is 11.4. The van der Waals surface area contributed by atoms with E-state index in [-0.39, 0.29) is 11.7 Å². The van der Waals surface area contributed by atoms with Gasteiger partial charge >= 0.3 is 10.4 Å². The van der Waals surface area contributed by atoms with Gasteiger partial charge < -0.3 is 14.2 Å². The van der Waals surface area contributed by atoms with Crippen molar-refractivity contribution in [2.75, 3.05) is 11.9 Å². The summed E-state index contributed by atoms with van der Waals surface area (Å²) in [5.74, 6) is 1.50.